The molecule has 3 N–H and O–H groups in total. The van der Waals surface area contributed by atoms with Crippen molar-refractivity contribution >= 4 is 18.3 Å². The van der Waals surface area contributed by atoms with E-state index in [2.05, 4.69) is 11.9 Å². The van der Waals surface area contributed by atoms with Crippen LogP contribution in [0.15, 0.2) is 12.7 Å². The molecule has 4 nitrogen and oxygen atoms in total. The van der Waals surface area contributed by atoms with Crippen LogP contribution in [0.4, 0.5) is 0 Å². The van der Waals surface area contributed by atoms with E-state index in [9.17, 15) is 4.79 Å². The number of halogens is 1. The summed E-state index contributed by atoms with van der Waals surface area (Å²) in [6, 6.07) is 0.0956. The van der Waals surface area contributed by atoms with E-state index in [0.29, 0.717) is 26.1 Å². The highest BCUT2D eigenvalue weighted by molar-refractivity contribution is 5.86. The summed E-state index contributed by atoms with van der Waals surface area (Å²) in [6.45, 7) is 6.72. The first-order chi connectivity index (χ1) is 7.08. The topological polar surface area (TPSA) is 64.4 Å². The van der Waals surface area contributed by atoms with Gasteiger partial charge in [0.15, 0.2) is 0 Å². The lowest BCUT2D eigenvalue weighted by atomic mass is 9.90. The van der Waals surface area contributed by atoms with E-state index in [1.807, 2.05) is 6.92 Å². The molecule has 0 aromatic heterocycles. The van der Waals surface area contributed by atoms with Crippen molar-refractivity contribution in [2.75, 3.05) is 13.2 Å². The van der Waals surface area contributed by atoms with Gasteiger partial charge in [0.1, 0.15) is 0 Å². The second kappa shape index (κ2) is 6.89. The van der Waals surface area contributed by atoms with Crippen LogP contribution in [0.1, 0.15) is 26.2 Å². The second-order valence-corrected chi connectivity index (χ2v) is 4.17. The maximum absolute atomic E-state index is 11.9. The van der Waals surface area contributed by atoms with Crippen LogP contribution < -0.4 is 11.1 Å². The number of hydrogen-bond donors (Lipinski definition) is 2. The molecule has 0 aliphatic carbocycles. The first kappa shape index (κ1) is 15.4. The maximum Gasteiger partial charge on any atom is 0.240 e. The van der Waals surface area contributed by atoms with Crippen LogP contribution in [0.25, 0.3) is 0 Å². The predicted octanol–water partition coefficient (Wildman–Crippen LogP) is 0.997. The Labute approximate surface area is 103 Å². The zero-order chi connectivity index (χ0) is 11.3. The van der Waals surface area contributed by atoms with Crippen molar-refractivity contribution in [1.82, 2.24) is 5.32 Å². The summed E-state index contributed by atoms with van der Waals surface area (Å²) in [6.07, 6.45) is 3.75. The van der Waals surface area contributed by atoms with Crippen molar-refractivity contribution in [2.45, 2.75) is 37.8 Å². The van der Waals surface area contributed by atoms with Gasteiger partial charge >= 0.3 is 0 Å². The molecule has 5 heteroatoms. The molecular weight excluding hydrogens is 228 g/mol. The summed E-state index contributed by atoms with van der Waals surface area (Å²) in [7, 11) is 0. The minimum Gasteiger partial charge on any atom is -0.381 e. The highest BCUT2D eigenvalue weighted by Crippen LogP contribution is 2.17. The monoisotopic (exact) mass is 248 g/mol. The lowest BCUT2D eigenvalue weighted by Gasteiger charge is -2.32. The summed E-state index contributed by atoms with van der Waals surface area (Å²) in [5.41, 5.74) is 5.29. The summed E-state index contributed by atoms with van der Waals surface area (Å²) in [4.78, 5) is 11.9. The smallest absolute Gasteiger partial charge is 0.240 e. The normalized spacial score (nSPS) is 20.4. The summed E-state index contributed by atoms with van der Waals surface area (Å²) < 4.78 is 5.19. The number of nitrogens with two attached hydrogens (primary N) is 1. The molecule has 94 valence electrons. The Morgan fingerprint density at radius 3 is 2.69 bits per heavy atom. The fourth-order valence-corrected chi connectivity index (χ4v) is 1.64. The van der Waals surface area contributed by atoms with Gasteiger partial charge in [-0.3, -0.25) is 4.79 Å². The van der Waals surface area contributed by atoms with Crippen molar-refractivity contribution in [2.24, 2.45) is 5.73 Å². The maximum atomic E-state index is 11.9. The first-order valence-electron chi connectivity index (χ1n) is 5.37. The molecule has 0 bridgehead atoms. The molecule has 1 unspecified atom stereocenters. The zero-order valence-corrected chi connectivity index (χ0v) is 10.5. The van der Waals surface area contributed by atoms with Crippen LogP contribution in [0.3, 0.4) is 0 Å². The van der Waals surface area contributed by atoms with Gasteiger partial charge in [0.2, 0.25) is 5.91 Å². The van der Waals surface area contributed by atoms with Gasteiger partial charge in [0.25, 0.3) is 0 Å². The number of hydrogen-bond acceptors (Lipinski definition) is 3. The van der Waals surface area contributed by atoms with Gasteiger partial charge in [-0.2, -0.15) is 0 Å². The molecule has 16 heavy (non-hydrogen) atoms. The van der Waals surface area contributed by atoms with Crippen LogP contribution in [0.2, 0.25) is 0 Å². The average Bonchev–Trinajstić information content (AvgIpc) is 2.19. The Hall–Kier alpha value is -0.580. The van der Waals surface area contributed by atoms with E-state index in [4.69, 9.17) is 10.5 Å². The minimum atomic E-state index is -0.742. The van der Waals surface area contributed by atoms with Gasteiger partial charge < -0.3 is 15.8 Å². The predicted molar refractivity (Wildman–Crippen MR) is 66.6 cm³/mol. The summed E-state index contributed by atoms with van der Waals surface area (Å²) >= 11 is 0. The number of rotatable bonds is 4. The fourth-order valence-electron chi connectivity index (χ4n) is 1.64. The third-order valence-corrected chi connectivity index (χ3v) is 2.73. The van der Waals surface area contributed by atoms with E-state index in [0.717, 1.165) is 6.42 Å². The molecule has 0 aromatic rings. The molecular formula is C11H21ClN2O2. The SMILES string of the molecule is C=CCC(C)NC(=O)C1(N)CCOCC1.Cl. The average molecular weight is 249 g/mol. The molecule has 1 aliphatic heterocycles. The van der Waals surface area contributed by atoms with Gasteiger partial charge in [0.05, 0.1) is 5.54 Å². The molecule has 1 aliphatic rings. The highest BCUT2D eigenvalue weighted by Gasteiger charge is 2.36. The Balaban J connectivity index is 0.00000225. The van der Waals surface area contributed by atoms with Crippen LogP contribution in [-0.4, -0.2) is 30.7 Å². The Morgan fingerprint density at radius 2 is 2.19 bits per heavy atom. The number of carbonyl (C=O) groups excluding carboxylic acids is 1. The molecule has 0 spiro atoms. The van der Waals surface area contributed by atoms with Gasteiger partial charge in [-0.25, -0.2) is 0 Å². The lowest BCUT2D eigenvalue weighted by molar-refractivity contribution is -0.130. The van der Waals surface area contributed by atoms with Gasteiger partial charge in [0, 0.05) is 19.3 Å². The number of amides is 1. The Morgan fingerprint density at radius 1 is 1.62 bits per heavy atom. The molecule has 0 radical (unpaired) electrons. The summed E-state index contributed by atoms with van der Waals surface area (Å²) in [5.74, 6) is -0.0693. The number of nitrogens with one attached hydrogen (secondary N) is 1. The molecule has 0 saturated carbocycles. The van der Waals surface area contributed by atoms with Gasteiger partial charge in [-0.05, 0) is 26.2 Å². The molecule has 1 saturated heterocycles. The van der Waals surface area contributed by atoms with Crippen molar-refractivity contribution < 1.29 is 9.53 Å². The summed E-state index contributed by atoms with van der Waals surface area (Å²) in [5, 5.41) is 2.90. The molecule has 1 heterocycles. The standard InChI is InChI=1S/C11H20N2O2.ClH/c1-3-4-9(2)13-10(14)11(12)5-7-15-8-6-11;/h3,9H,1,4-8,12H2,2H3,(H,13,14);1H. The quantitative estimate of drug-likeness (QED) is 0.730. The second-order valence-electron chi connectivity index (χ2n) is 4.17. The van der Waals surface area contributed by atoms with Crippen molar-refractivity contribution in [3.05, 3.63) is 12.7 Å². The van der Waals surface area contributed by atoms with E-state index >= 15 is 0 Å². The van der Waals surface area contributed by atoms with E-state index in [1.165, 1.54) is 0 Å². The molecule has 1 atom stereocenters. The Bertz CT molecular complexity index is 240. The third kappa shape index (κ3) is 4.12. The molecule has 1 rings (SSSR count). The van der Waals surface area contributed by atoms with Crippen LogP contribution >= 0.6 is 12.4 Å². The van der Waals surface area contributed by atoms with Gasteiger partial charge in [-0.1, -0.05) is 6.08 Å². The van der Waals surface area contributed by atoms with Crippen LogP contribution in [-0.2, 0) is 9.53 Å². The largest absolute Gasteiger partial charge is 0.381 e. The van der Waals surface area contributed by atoms with Crippen molar-refractivity contribution in [1.29, 1.82) is 0 Å². The molecule has 1 amide bonds. The third-order valence-electron chi connectivity index (χ3n) is 2.73. The molecule has 1 fully saturated rings. The van der Waals surface area contributed by atoms with Crippen molar-refractivity contribution in [3.8, 4) is 0 Å². The molecule has 0 aromatic carbocycles. The van der Waals surface area contributed by atoms with Crippen molar-refractivity contribution in [3.63, 3.8) is 0 Å². The Kier molecular flexibility index (Phi) is 6.64. The zero-order valence-electron chi connectivity index (χ0n) is 9.70. The van der Waals surface area contributed by atoms with E-state index in [-0.39, 0.29) is 24.4 Å². The van der Waals surface area contributed by atoms with Crippen LogP contribution in [0.5, 0.6) is 0 Å². The van der Waals surface area contributed by atoms with E-state index in [1.54, 1.807) is 6.08 Å². The van der Waals surface area contributed by atoms with Gasteiger partial charge in [-0.15, -0.1) is 19.0 Å². The number of carbonyl (C=O) groups is 1. The fraction of sp³-hybridized carbons (Fsp3) is 0.727. The number of ether oxygens (including phenoxy) is 1. The lowest BCUT2D eigenvalue weighted by Crippen LogP contribution is -2.58. The first-order valence-corrected chi connectivity index (χ1v) is 5.37. The van der Waals surface area contributed by atoms with Crippen LogP contribution in [0, 0.1) is 0 Å². The minimum absolute atomic E-state index is 0. The van der Waals surface area contributed by atoms with E-state index < -0.39 is 5.54 Å². The highest BCUT2D eigenvalue weighted by atomic mass is 35.5.